The number of hydrogen-bond donors (Lipinski definition) is 1. The van der Waals surface area contributed by atoms with Crippen LogP contribution in [0.2, 0.25) is 0 Å². The van der Waals surface area contributed by atoms with Crippen LogP contribution in [0.15, 0.2) is 59.6 Å². The Morgan fingerprint density at radius 1 is 1.07 bits per heavy atom. The highest BCUT2D eigenvalue weighted by molar-refractivity contribution is 14.0. The lowest BCUT2D eigenvalue weighted by molar-refractivity contribution is 0.122. The molecule has 2 aromatic carbocycles. The van der Waals surface area contributed by atoms with Crippen molar-refractivity contribution in [1.29, 1.82) is 0 Å². The van der Waals surface area contributed by atoms with Gasteiger partial charge in [0.2, 0.25) is 0 Å². The van der Waals surface area contributed by atoms with Crippen LogP contribution in [0.5, 0.6) is 0 Å². The van der Waals surface area contributed by atoms with Gasteiger partial charge in [-0.1, -0.05) is 48.5 Å². The molecule has 0 aromatic heterocycles. The van der Waals surface area contributed by atoms with Crippen LogP contribution in [0.1, 0.15) is 18.1 Å². The van der Waals surface area contributed by atoms with Gasteiger partial charge in [0, 0.05) is 38.9 Å². The summed E-state index contributed by atoms with van der Waals surface area (Å²) in [6.07, 6.45) is 0. The van der Waals surface area contributed by atoms with Crippen LogP contribution in [-0.2, 0) is 17.8 Å². The topological polar surface area (TPSA) is 40.1 Å². The average Bonchev–Trinajstić information content (AvgIpc) is 2.72. The molecule has 0 amide bonds. The van der Waals surface area contributed by atoms with Crippen molar-refractivity contribution < 1.29 is 4.74 Å². The molecule has 152 valence electrons. The largest absolute Gasteiger partial charge is 0.378 e. The first-order valence-electron chi connectivity index (χ1n) is 9.72. The third kappa shape index (κ3) is 6.38. The number of hydrogen-bond acceptors (Lipinski definition) is 3. The van der Waals surface area contributed by atoms with Gasteiger partial charge in [0.25, 0.3) is 0 Å². The number of guanidine groups is 1. The fourth-order valence-corrected chi connectivity index (χ4v) is 3.32. The van der Waals surface area contributed by atoms with Gasteiger partial charge in [-0.05, 0) is 24.1 Å². The second-order valence-corrected chi connectivity index (χ2v) is 6.74. The Morgan fingerprint density at radius 2 is 1.75 bits per heavy atom. The molecule has 1 aliphatic rings. The van der Waals surface area contributed by atoms with Gasteiger partial charge in [-0.25, -0.2) is 4.99 Å². The van der Waals surface area contributed by atoms with Gasteiger partial charge < -0.3 is 19.9 Å². The second-order valence-electron chi connectivity index (χ2n) is 6.74. The highest BCUT2D eigenvalue weighted by atomic mass is 127. The lowest BCUT2D eigenvalue weighted by Crippen LogP contribution is -2.38. The summed E-state index contributed by atoms with van der Waals surface area (Å²) >= 11 is 0. The predicted molar refractivity (Wildman–Crippen MR) is 128 cm³/mol. The van der Waals surface area contributed by atoms with Gasteiger partial charge >= 0.3 is 0 Å². The molecular formula is C22H31IN4O. The number of halogens is 1. The van der Waals surface area contributed by atoms with E-state index >= 15 is 0 Å². The fraction of sp³-hybridized carbons (Fsp3) is 0.409. The van der Waals surface area contributed by atoms with Crippen LogP contribution in [0.3, 0.4) is 0 Å². The molecule has 0 saturated carbocycles. The summed E-state index contributed by atoms with van der Waals surface area (Å²) in [5.41, 5.74) is 3.80. The van der Waals surface area contributed by atoms with Crippen molar-refractivity contribution in [2.75, 3.05) is 44.8 Å². The monoisotopic (exact) mass is 494 g/mol. The summed E-state index contributed by atoms with van der Waals surface area (Å²) in [6, 6.07) is 19.1. The minimum absolute atomic E-state index is 0. The van der Waals surface area contributed by atoms with E-state index in [1.807, 2.05) is 6.07 Å². The first kappa shape index (κ1) is 22.5. The maximum absolute atomic E-state index is 5.49. The smallest absolute Gasteiger partial charge is 0.194 e. The summed E-state index contributed by atoms with van der Waals surface area (Å²) in [4.78, 5) is 9.48. The lowest BCUT2D eigenvalue weighted by atomic mass is 10.1. The Hall–Kier alpha value is -1.80. The number of rotatable bonds is 6. The molecule has 6 heteroatoms. The highest BCUT2D eigenvalue weighted by Crippen LogP contribution is 2.22. The van der Waals surface area contributed by atoms with E-state index in [2.05, 4.69) is 77.6 Å². The molecule has 0 atom stereocenters. The summed E-state index contributed by atoms with van der Waals surface area (Å²) < 4.78 is 5.49. The van der Waals surface area contributed by atoms with Gasteiger partial charge in [-0.3, -0.25) is 0 Å². The number of nitrogens with zero attached hydrogens (tertiary/aromatic N) is 3. The minimum Gasteiger partial charge on any atom is -0.378 e. The molecule has 1 saturated heterocycles. The quantitative estimate of drug-likeness (QED) is 0.378. The molecule has 0 spiro atoms. The Kier molecular flexibility index (Phi) is 9.57. The van der Waals surface area contributed by atoms with Crippen molar-refractivity contribution >= 4 is 35.6 Å². The Morgan fingerprint density at radius 3 is 2.46 bits per heavy atom. The van der Waals surface area contributed by atoms with E-state index in [1.54, 1.807) is 0 Å². The van der Waals surface area contributed by atoms with Gasteiger partial charge in [0.1, 0.15) is 0 Å². The van der Waals surface area contributed by atoms with E-state index in [0.717, 1.165) is 45.4 Å². The maximum atomic E-state index is 5.49. The average molecular weight is 494 g/mol. The van der Waals surface area contributed by atoms with Crippen LogP contribution in [0, 0.1) is 0 Å². The van der Waals surface area contributed by atoms with Crippen molar-refractivity contribution in [3.8, 4) is 0 Å². The van der Waals surface area contributed by atoms with E-state index in [9.17, 15) is 0 Å². The van der Waals surface area contributed by atoms with Crippen LogP contribution in [-0.4, -0.2) is 50.8 Å². The van der Waals surface area contributed by atoms with E-state index in [0.29, 0.717) is 6.54 Å². The van der Waals surface area contributed by atoms with Crippen molar-refractivity contribution in [3.05, 3.63) is 65.7 Å². The lowest BCUT2D eigenvalue weighted by Gasteiger charge is -2.30. The molecule has 1 N–H and O–H groups in total. The van der Waals surface area contributed by atoms with Crippen molar-refractivity contribution in [2.45, 2.75) is 20.0 Å². The molecule has 28 heavy (non-hydrogen) atoms. The molecular weight excluding hydrogens is 463 g/mol. The molecule has 2 aromatic rings. The van der Waals surface area contributed by atoms with E-state index in [-0.39, 0.29) is 24.0 Å². The summed E-state index contributed by atoms with van der Waals surface area (Å²) in [6.45, 7) is 7.91. The molecule has 1 heterocycles. The van der Waals surface area contributed by atoms with Crippen LogP contribution in [0.4, 0.5) is 5.69 Å². The third-order valence-corrected chi connectivity index (χ3v) is 4.70. The normalized spacial score (nSPS) is 14.4. The van der Waals surface area contributed by atoms with Gasteiger partial charge in [-0.15, -0.1) is 24.0 Å². The van der Waals surface area contributed by atoms with Crippen molar-refractivity contribution in [3.63, 3.8) is 0 Å². The number of para-hydroxylation sites is 1. The Bertz CT molecular complexity index is 732. The second kappa shape index (κ2) is 11.9. The van der Waals surface area contributed by atoms with Crippen molar-refractivity contribution in [2.24, 2.45) is 4.99 Å². The van der Waals surface area contributed by atoms with Crippen LogP contribution >= 0.6 is 24.0 Å². The molecule has 1 fully saturated rings. The van der Waals surface area contributed by atoms with E-state index in [4.69, 9.17) is 9.73 Å². The minimum atomic E-state index is 0. The summed E-state index contributed by atoms with van der Waals surface area (Å²) in [5, 5.41) is 3.41. The van der Waals surface area contributed by atoms with Gasteiger partial charge in [0.15, 0.2) is 5.96 Å². The van der Waals surface area contributed by atoms with Crippen LogP contribution in [0.25, 0.3) is 0 Å². The standard InChI is InChI=1S/C22H30N4O.HI/c1-3-23-22(25(2)18-19-9-5-4-6-10-19)24-17-20-11-7-8-12-21(20)26-13-15-27-16-14-26;/h4-12H,3,13-18H2,1-2H3,(H,23,24);1H. The van der Waals surface area contributed by atoms with Gasteiger partial charge in [-0.2, -0.15) is 0 Å². The zero-order valence-electron chi connectivity index (χ0n) is 16.8. The van der Waals surface area contributed by atoms with E-state index < -0.39 is 0 Å². The number of ether oxygens (including phenoxy) is 1. The Balaban J connectivity index is 0.00000280. The Labute approximate surface area is 185 Å². The molecule has 0 aliphatic carbocycles. The first-order valence-corrected chi connectivity index (χ1v) is 9.72. The summed E-state index contributed by atoms with van der Waals surface area (Å²) in [7, 11) is 2.09. The molecule has 5 nitrogen and oxygen atoms in total. The number of aliphatic imine (C=N–C) groups is 1. The molecule has 3 rings (SSSR count). The van der Waals surface area contributed by atoms with Gasteiger partial charge in [0.05, 0.1) is 19.8 Å². The number of morpholine rings is 1. The summed E-state index contributed by atoms with van der Waals surface area (Å²) in [5.74, 6) is 0.929. The number of benzene rings is 2. The third-order valence-electron chi connectivity index (χ3n) is 4.70. The van der Waals surface area contributed by atoms with E-state index in [1.165, 1.54) is 16.8 Å². The molecule has 0 unspecified atom stereocenters. The number of anilines is 1. The molecule has 1 aliphatic heterocycles. The molecule has 0 bridgehead atoms. The highest BCUT2D eigenvalue weighted by Gasteiger charge is 2.14. The molecule has 0 radical (unpaired) electrons. The first-order chi connectivity index (χ1) is 13.3. The predicted octanol–water partition coefficient (Wildman–Crippen LogP) is 3.74. The number of nitrogens with one attached hydrogen (secondary N) is 1. The van der Waals surface area contributed by atoms with Crippen LogP contribution < -0.4 is 10.2 Å². The van der Waals surface area contributed by atoms with Crippen molar-refractivity contribution in [1.82, 2.24) is 10.2 Å². The fourth-order valence-electron chi connectivity index (χ4n) is 3.32. The zero-order valence-corrected chi connectivity index (χ0v) is 19.1. The SMILES string of the molecule is CCNC(=NCc1ccccc1N1CCOCC1)N(C)Cc1ccccc1.I. The maximum Gasteiger partial charge on any atom is 0.194 e. The zero-order chi connectivity index (χ0) is 18.9.